The largest absolute Gasteiger partial charge is 0.252 e. The summed E-state index contributed by atoms with van der Waals surface area (Å²) in [5, 5.41) is 2.54. The molecule has 0 aromatic heterocycles. The molecule has 1 heteroatoms. The number of rotatable bonds is 2. The molecule has 0 radical (unpaired) electrons. The molecule has 152 valence electrons. The Labute approximate surface area is 188 Å². The van der Waals surface area contributed by atoms with Crippen LogP contribution in [0.3, 0.4) is 0 Å². The maximum absolute atomic E-state index is 5.12. The fourth-order valence-corrected chi connectivity index (χ4v) is 4.71. The van der Waals surface area contributed by atoms with Gasteiger partial charge in [0, 0.05) is 12.0 Å². The number of nitrogens with zero attached hydrogens (tertiary/aromatic N) is 1. The lowest BCUT2D eigenvalue weighted by atomic mass is 9.82. The highest BCUT2D eigenvalue weighted by atomic mass is 14.8. The van der Waals surface area contributed by atoms with Crippen LogP contribution in [-0.2, 0) is 6.42 Å². The lowest BCUT2D eigenvalue weighted by Gasteiger charge is -2.23. The third-order valence-corrected chi connectivity index (χ3v) is 6.45. The molecule has 1 aliphatic carbocycles. The fraction of sp³-hybridized carbons (Fsp3) is 0.0645. The molecular weight excluding hydrogens is 386 g/mol. The van der Waals surface area contributed by atoms with Crippen molar-refractivity contribution >= 4 is 22.2 Å². The normalized spacial score (nSPS) is 13.7. The lowest BCUT2D eigenvalue weighted by molar-refractivity contribution is 1.26. The molecule has 0 bridgehead atoms. The van der Waals surface area contributed by atoms with Crippen LogP contribution in [0.4, 0.5) is 5.69 Å². The Morgan fingerprint density at radius 2 is 1.28 bits per heavy atom. The molecule has 0 aliphatic heterocycles. The standard InChI is InChI=1S/C31H23N/c1-21-8-2-7-13-30(21)32-31-20-26-11-5-6-12-27(26)29-19-25(16-17-28(29)31)24-15-14-22-9-3-4-10-23(22)18-24/h2-19H,20H2,1H3/b32-31+. The van der Waals surface area contributed by atoms with E-state index in [1.54, 1.807) is 0 Å². The van der Waals surface area contributed by atoms with Crippen molar-refractivity contribution in [1.29, 1.82) is 0 Å². The van der Waals surface area contributed by atoms with Crippen molar-refractivity contribution in [2.24, 2.45) is 4.99 Å². The predicted molar refractivity (Wildman–Crippen MR) is 136 cm³/mol. The highest BCUT2D eigenvalue weighted by molar-refractivity contribution is 6.12. The van der Waals surface area contributed by atoms with Crippen LogP contribution in [0.25, 0.3) is 33.0 Å². The fourth-order valence-electron chi connectivity index (χ4n) is 4.71. The first-order valence-corrected chi connectivity index (χ1v) is 11.1. The highest BCUT2D eigenvalue weighted by Gasteiger charge is 2.21. The topological polar surface area (TPSA) is 12.4 Å². The lowest BCUT2D eigenvalue weighted by Crippen LogP contribution is -2.13. The quantitative estimate of drug-likeness (QED) is 0.279. The van der Waals surface area contributed by atoms with E-state index in [0.717, 1.165) is 17.8 Å². The van der Waals surface area contributed by atoms with Gasteiger partial charge in [-0.1, -0.05) is 91.0 Å². The minimum absolute atomic E-state index is 0.854. The van der Waals surface area contributed by atoms with Crippen molar-refractivity contribution in [1.82, 2.24) is 0 Å². The Morgan fingerprint density at radius 3 is 2.19 bits per heavy atom. The summed E-state index contributed by atoms with van der Waals surface area (Å²) < 4.78 is 0. The van der Waals surface area contributed by atoms with E-state index in [4.69, 9.17) is 4.99 Å². The number of hydrogen-bond donors (Lipinski definition) is 0. The molecule has 0 spiro atoms. The van der Waals surface area contributed by atoms with Crippen molar-refractivity contribution in [3.8, 4) is 22.3 Å². The summed E-state index contributed by atoms with van der Waals surface area (Å²) in [4.78, 5) is 5.12. The Bertz CT molecular complexity index is 1510. The maximum Gasteiger partial charge on any atom is 0.0662 e. The molecule has 5 aromatic carbocycles. The zero-order valence-electron chi connectivity index (χ0n) is 18.0. The van der Waals surface area contributed by atoms with Crippen LogP contribution in [0.1, 0.15) is 16.7 Å². The molecule has 0 heterocycles. The molecule has 0 atom stereocenters. The summed E-state index contributed by atoms with van der Waals surface area (Å²) in [5.41, 5.74) is 11.0. The summed E-state index contributed by atoms with van der Waals surface area (Å²) in [6.07, 6.45) is 0.854. The van der Waals surface area contributed by atoms with Gasteiger partial charge in [-0.15, -0.1) is 0 Å². The van der Waals surface area contributed by atoms with Gasteiger partial charge in [0.1, 0.15) is 0 Å². The summed E-state index contributed by atoms with van der Waals surface area (Å²) in [6.45, 7) is 2.12. The molecule has 6 rings (SSSR count). The van der Waals surface area contributed by atoms with Gasteiger partial charge in [0.05, 0.1) is 11.4 Å². The second-order valence-corrected chi connectivity index (χ2v) is 8.50. The van der Waals surface area contributed by atoms with Crippen LogP contribution < -0.4 is 0 Å². The molecule has 0 amide bonds. The smallest absolute Gasteiger partial charge is 0.0662 e. The summed E-state index contributed by atoms with van der Waals surface area (Å²) >= 11 is 0. The van der Waals surface area contributed by atoms with E-state index in [0.29, 0.717) is 0 Å². The number of fused-ring (bicyclic) bond motifs is 4. The van der Waals surface area contributed by atoms with Crippen LogP contribution in [0.2, 0.25) is 0 Å². The first kappa shape index (κ1) is 18.8. The van der Waals surface area contributed by atoms with E-state index < -0.39 is 0 Å². The summed E-state index contributed by atoms with van der Waals surface area (Å²) in [5.74, 6) is 0. The Morgan fingerprint density at radius 1 is 0.562 bits per heavy atom. The van der Waals surface area contributed by atoms with Gasteiger partial charge in [-0.05, 0) is 69.3 Å². The van der Waals surface area contributed by atoms with E-state index in [2.05, 4.69) is 116 Å². The molecule has 0 saturated heterocycles. The van der Waals surface area contributed by atoms with Crippen LogP contribution >= 0.6 is 0 Å². The molecule has 0 unspecified atom stereocenters. The van der Waals surface area contributed by atoms with Crippen molar-refractivity contribution in [3.63, 3.8) is 0 Å². The average molecular weight is 410 g/mol. The van der Waals surface area contributed by atoms with E-state index in [1.165, 1.54) is 49.7 Å². The number of aliphatic imine (C=N–C) groups is 1. The van der Waals surface area contributed by atoms with Gasteiger partial charge in [-0.3, -0.25) is 4.99 Å². The minimum atomic E-state index is 0.854. The Balaban J connectivity index is 1.53. The molecule has 0 saturated carbocycles. The summed E-state index contributed by atoms with van der Waals surface area (Å²) in [7, 11) is 0. The maximum atomic E-state index is 5.12. The van der Waals surface area contributed by atoms with Gasteiger partial charge in [-0.2, -0.15) is 0 Å². The van der Waals surface area contributed by atoms with Crippen LogP contribution in [-0.4, -0.2) is 5.71 Å². The van der Waals surface area contributed by atoms with Gasteiger partial charge >= 0.3 is 0 Å². The third kappa shape index (κ3) is 3.23. The van der Waals surface area contributed by atoms with Crippen molar-refractivity contribution in [3.05, 3.63) is 126 Å². The predicted octanol–water partition coefficient (Wildman–Crippen LogP) is 8.16. The van der Waals surface area contributed by atoms with Crippen molar-refractivity contribution < 1.29 is 0 Å². The zero-order valence-corrected chi connectivity index (χ0v) is 18.0. The second kappa shape index (κ2) is 7.62. The number of aryl methyl sites for hydroxylation is 1. The molecule has 1 aliphatic rings. The van der Waals surface area contributed by atoms with E-state index >= 15 is 0 Å². The van der Waals surface area contributed by atoms with Crippen LogP contribution in [0.15, 0.2) is 114 Å². The van der Waals surface area contributed by atoms with E-state index in [1.807, 2.05) is 0 Å². The molecule has 5 aromatic rings. The molecule has 32 heavy (non-hydrogen) atoms. The van der Waals surface area contributed by atoms with Crippen molar-refractivity contribution in [2.75, 3.05) is 0 Å². The number of benzene rings is 5. The molecule has 0 N–H and O–H groups in total. The number of para-hydroxylation sites is 1. The first-order valence-electron chi connectivity index (χ1n) is 11.1. The zero-order chi connectivity index (χ0) is 21.5. The second-order valence-electron chi connectivity index (χ2n) is 8.50. The Hall–Kier alpha value is -3.97. The number of hydrogen-bond acceptors (Lipinski definition) is 1. The van der Waals surface area contributed by atoms with Gasteiger partial charge in [-0.25, -0.2) is 0 Å². The molecule has 1 nitrogen and oxygen atoms in total. The van der Waals surface area contributed by atoms with E-state index in [9.17, 15) is 0 Å². The van der Waals surface area contributed by atoms with Gasteiger partial charge in [0.25, 0.3) is 0 Å². The summed E-state index contributed by atoms with van der Waals surface area (Å²) in [6, 6.07) is 39.2. The molecule has 0 fully saturated rings. The van der Waals surface area contributed by atoms with Crippen LogP contribution in [0.5, 0.6) is 0 Å². The Kier molecular flexibility index (Phi) is 4.47. The SMILES string of the molecule is Cc1ccccc1/N=C1\Cc2ccccc2-c2cc(-c3ccc4ccccc4c3)ccc21. The first-order chi connectivity index (χ1) is 15.8. The minimum Gasteiger partial charge on any atom is -0.252 e. The van der Waals surface area contributed by atoms with Gasteiger partial charge < -0.3 is 0 Å². The molecular formula is C31H23N. The van der Waals surface area contributed by atoms with Gasteiger partial charge in [0.15, 0.2) is 0 Å². The highest BCUT2D eigenvalue weighted by Crippen LogP contribution is 2.38. The third-order valence-electron chi connectivity index (χ3n) is 6.45. The van der Waals surface area contributed by atoms with Crippen molar-refractivity contribution in [2.45, 2.75) is 13.3 Å². The monoisotopic (exact) mass is 409 g/mol. The van der Waals surface area contributed by atoms with Gasteiger partial charge in [0.2, 0.25) is 0 Å². The average Bonchev–Trinajstić information content (AvgIpc) is 2.85. The van der Waals surface area contributed by atoms with Crippen LogP contribution in [0, 0.1) is 6.92 Å². The van der Waals surface area contributed by atoms with E-state index in [-0.39, 0.29) is 0 Å².